The SMILES string of the molecule is C[C@@H](O)C[C@@H]1CCCN1CCCc1ccccc1. The zero-order valence-corrected chi connectivity index (χ0v) is 11.4. The van der Waals surface area contributed by atoms with Crippen LogP contribution >= 0.6 is 0 Å². The van der Waals surface area contributed by atoms with E-state index in [0.29, 0.717) is 6.04 Å². The van der Waals surface area contributed by atoms with Gasteiger partial charge in [0.25, 0.3) is 0 Å². The molecule has 2 heteroatoms. The number of hydrogen-bond acceptors (Lipinski definition) is 2. The molecular weight excluding hydrogens is 222 g/mol. The fourth-order valence-electron chi connectivity index (χ4n) is 2.98. The molecule has 1 aromatic rings. The van der Waals surface area contributed by atoms with Crippen LogP contribution in [0.25, 0.3) is 0 Å². The van der Waals surface area contributed by atoms with Crippen LogP contribution in [-0.2, 0) is 6.42 Å². The van der Waals surface area contributed by atoms with Crippen molar-refractivity contribution in [1.82, 2.24) is 4.90 Å². The predicted octanol–water partition coefficient (Wildman–Crippen LogP) is 2.85. The normalized spacial score (nSPS) is 22.2. The van der Waals surface area contributed by atoms with Gasteiger partial charge in [0.1, 0.15) is 0 Å². The first-order valence-corrected chi connectivity index (χ1v) is 7.22. The molecule has 2 rings (SSSR count). The van der Waals surface area contributed by atoms with Crippen molar-refractivity contribution in [3.05, 3.63) is 35.9 Å². The van der Waals surface area contributed by atoms with E-state index in [2.05, 4.69) is 35.2 Å². The second-order valence-electron chi connectivity index (χ2n) is 5.51. The minimum atomic E-state index is -0.162. The summed E-state index contributed by atoms with van der Waals surface area (Å²) in [6, 6.07) is 11.3. The lowest BCUT2D eigenvalue weighted by Gasteiger charge is -2.25. The molecule has 0 radical (unpaired) electrons. The lowest BCUT2D eigenvalue weighted by atomic mass is 10.1. The number of nitrogens with zero attached hydrogens (tertiary/aromatic N) is 1. The third-order valence-electron chi connectivity index (χ3n) is 3.87. The molecule has 1 aliphatic rings. The monoisotopic (exact) mass is 247 g/mol. The van der Waals surface area contributed by atoms with Gasteiger partial charge in [-0.2, -0.15) is 0 Å². The van der Waals surface area contributed by atoms with E-state index in [1.54, 1.807) is 0 Å². The Bertz CT molecular complexity index is 336. The molecule has 1 aromatic carbocycles. The van der Waals surface area contributed by atoms with E-state index < -0.39 is 0 Å². The average Bonchev–Trinajstić information content (AvgIpc) is 2.77. The number of hydrogen-bond donors (Lipinski definition) is 1. The standard InChI is InChI=1S/C16H25NO/c1-14(18)13-16-10-6-12-17(16)11-5-9-15-7-3-2-4-8-15/h2-4,7-8,14,16,18H,5-6,9-13H2,1H3/t14-,16+/m1/s1. The zero-order chi connectivity index (χ0) is 12.8. The zero-order valence-electron chi connectivity index (χ0n) is 11.4. The summed E-state index contributed by atoms with van der Waals surface area (Å²) in [6.07, 6.45) is 5.72. The average molecular weight is 247 g/mol. The number of likely N-dealkylation sites (tertiary alicyclic amines) is 1. The number of rotatable bonds is 6. The molecular formula is C16H25NO. The van der Waals surface area contributed by atoms with Gasteiger partial charge in [-0.3, -0.25) is 0 Å². The van der Waals surface area contributed by atoms with Gasteiger partial charge in [0.2, 0.25) is 0 Å². The van der Waals surface area contributed by atoms with Crippen molar-refractivity contribution < 1.29 is 5.11 Å². The van der Waals surface area contributed by atoms with Gasteiger partial charge in [0.15, 0.2) is 0 Å². The van der Waals surface area contributed by atoms with Crippen molar-refractivity contribution in [3.63, 3.8) is 0 Å². The molecule has 0 amide bonds. The van der Waals surface area contributed by atoms with E-state index in [1.807, 2.05) is 6.92 Å². The van der Waals surface area contributed by atoms with Gasteiger partial charge in [-0.05, 0) is 57.7 Å². The number of aryl methyl sites for hydroxylation is 1. The van der Waals surface area contributed by atoms with Crippen molar-refractivity contribution in [3.8, 4) is 0 Å². The predicted molar refractivity (Wildman–Crippen MR) is 75.7 cm³/mol. The topological polar surface area (TPSA) is 23.5 Å². The summed E-state index contributed by atoms with van der Waals surface area (Å²) in [5.74, 6) is 0. The maximum atomic E-state index is 9.51. The molecule has 1 fully saturated rings. The number of benzene rings is 1. The lowest BCUT2D eigenvalue weighted by Crippen LogP contribution is -2.32. The molecule has 100 valence electrons. The summed E-state index contributed by atoms with van der Waals surface area (Å²) < 4.78 is 0. The summed E-state index contributed by atoms with van der Waals surface area (Å²) >= 11 is 0. The Morgan fingerprint density at radius 2 is 2.11 bits per heavy atom. The molecule has 2 atom stereocenters. The first-order chi connectivity index (χ1) is 8.75. The van der Waals surface area contributed by atoms with Crippen LogP contribution in [-0.4, -0.2) is 35.2 Å². The summed E-state index contributed by atoms with van der Waals surface area (Å²) in [5.41, 5.74) is 1.43. The maximum absolute atomic E-state index is 9.51. The van der Waals surface area contributed by atoms with Gasteiger partial charge in [0.05, 0.1) is 6.10 Å². The Kier molecular flexibility index (Phi) is 5.21. The molecule has 0 aromatic heterocycles. The first-order valence-electron chi connectivity index (χ1n) is 7.22. The van der Waals surface area contributed by atoms with Gasteiger partial charge in [-0.25, -0.2) is 0 Å². The fourth-order valence-corrected chi connectivity index (χ4v) is 2.98. The van der Waals surface area contributed by atoms with Crippen molar-refractivity contribution in [2.24, 2.45) is 0 Å². The summed E-state index contributed by atoms with van der Waals surface area (Å²) in [4.78, 5) is 2.57. The Hall–Kier alpha value is -0.860. The smallest absolute Gasteiger partial charge is 0.0527 e. The van der Waals surface area contributed by atoms with Crippen molar-refractivity contribution in [1.29, 1.82) is 0 Å². The molecule has 1 N–H and O–H groups in total. The highest BCUT2D eigenvalue weighted by Crippen LogP contribution is 2.21. The Balaban J connectivity index is 1.72. The van der Waals surface area contributed by atoms with Crippen LogP contribution in [0, 0.1) is 0 Å². The van der Waals surface area contributed by atoms with Crippen LogP contribution < -0.4 is 0 Å². The largest absolute Gasteiger partial charge is 0.393 e. The highest BCUT2D eigenvalue weighted by Gasteiger charge is 2.24. The third-order valence-corrected chi connectivity index (χ3v) is 3.87. The van der Waals surface area contributed by atoms with Gasteiger partial charge in [-0.1, -0.05) is 30.3 Å². The quantitative estimate of drug-likeness (QED) is 0.835. The Labute approximate surface area is 111 Å². The van der Waals surface area contributed by atoms with Crippen LogP contribution in [0.2, 0.25) is 0 Å². The number of aliphatic hydroxyl groups excluding tert-OH is 1. The fraction of sp³-hybridized carbons (Fsp3) is 0.625. The Morgan fingerprint density at radius 3 is 2.83 bits per heavy atom. The maximum Gasteiger partial charge on any atom is 0.0527 e. The van der Waals surface area contributed by atoms with E-state index in [9.17, 15) is 5.11 Å². The minimum Gasteiger partial charge on any atom is -0.393 e. The molecule has 0 saturated carbocycles. The molecule has 1 heterocycles. The summed E-state index contributed by atoms with van der Waals surface area (Å²) in [6.45, 7) is 4.29. The Morgan fingerprint density at radius 1 is 1.33 bits per heavy atom. The van der Waals surface area contributed by atoms with Gasteiger partial charge in [0, 0.05) is 6.04 Å². The van der Waals surface area contributed by atoms with E-state index in [1.165, 1.54) is 44.3 Å². The highest BCUT2D eigenvalue weighted by molar-refractivity contribution is 5.14. The summed E-state index contributed by atoms with van der Waals surface area (Å²) in [5, 5.41) is 9.51. The minimum absolute atomic E-state index is 0.162. The number of aliphatic hydroxyl groups is 1. The van der Waals surface area contributed by atoms with E-state index in [4.69, 9.17) is 0 Å². The molecule has 0 bridgehead atoms. The van der Waals surface area contributed by atoms with Crippen LogP contribution in [0.5, 0.6) is 0 Å². The highest BCUT2D eigenvalue weighted by atomic mass is 16.3. The van der Waals surface area contributed by atoms with Crippen molar-refractivity contribution in [2.75, 3.05) is 13.1 Å². The molecule has 0 aliphatic carbocycles. The van der Waals surface area contributed by atoms with E-state index >= 15 is 0 Å². The van der Waals surface area contributed by atoms with Gasteiger partial charge >= 0.3 is 0 Å². The van der Waals surface area contributed by atoms with Crippen LogP contribution in [0.4, 0.5) is 0 Å². The molecule has 0 unspecified atom stereocenters. The molecule has 1 aliphatic heterocycles. The van der Waals surface area contributed by atoms with Gasteiger partial charge < -0.3 is 10.0 Å². The third kappa shape index (κ3) is 4.11. The molecule has 2 nitrogen and oxygen atoms in total. The van der Waals surface area contributed by atoms with Crippen LogP contribution in [0.3, 0.4) is 0 Å². The van der Waals surface area contributed by atoms with Crippen molar-refractivity contribution >= 4 is 0 Å². The second kappa shape index (κ2) is 6.91. The summed E-state index contributed by atoms with van der Waals surface area (Å²) in [7, 11) is 0. The molecule has 1 saturated heterocycles. The van der Waals surface area contributed by atoms with E-state index in [-0.39, 0.29) is 6.10 Å². The van der Waals surface area contributed by atoms with Crippen LogP contribution in [0.1, 0.15) is 38.2 Å². The van der Waals surface area contributed by atoms with Crippen molar-refractivity contribution in [2.45, 2.75) is 51.2 Å². The van der Waals surface area contributed by atoms with E-state index in [0.717, 1.165) is 6.42 Å². The molecule has 18 heavy (non-hydrogen) atoms. The first kappa shape index (κ1) is 13.6. The second-order valence-corrected chi connectivity index (χ2v) is 5.51. The van der Waals surface area contributed by atoms with Gasteiger partial charge in [-0.15, -0.1) is 0 Å². The lowest BCUT2D eigenvalue weighted by molar-refractivity contribution is 0.133. The molecule has 0 spiro atoms. The van der Waals surface area contributed by atoms with Crippen LogP contribution in [0.15, 0.2) is 30.3 Å².